The van der Waals surface area contributed by atoms with E-state index in [-0.39, 0.29) is 18.2 Å². The Bertz CT molecular complexity index is 716. The average Bonchev–Trinajstić information content (AvgIpc) is 3.17. The first kappa shape index (κ1) is 20.6. The second-order valence-electron chi connectivity index (χ2n) is 5.79. The summed E-state index contributed by atoms with van der Waals surface area (Å²) in [5.41, 5.74) is 0. The third-order valence-corrected chi connectivity index (χ3v) is 5.92. The number of thioether (sulfide) groups is 1. The quantitative estimate of drug-likeness (QED) is 0.368. The SMILES string of the molecule is CC(NC(=O)CCCCCN1C(=O)/C(=C/c2cccs2)SC1=S)C(=O)O. The lowest BCUT2D eigenvalue weighted by molar-refractivity contribution is -0.141. The zero-order valence-corrected chi connectivity index (χ0v) is 16.7. The van der Waals surface area contributed by atoms with Gasteiger partial charge in [0.15, 0.2) is 0 Å². The summed E-state index contributed by atoms with van der Waals surface area (Å²) in [6, 6.07) is 3.01. The van der Waals surface area contributed by atoms with Crippen LogP contribution in [-0.2, 0) is 14.4 Å². The molecule has 1 aliphatic rings. The highest BCUT2D eigenvalue weighted by Crippen LogP contribution is 2.33. The standard InChI is InChI=1S/C17H20N2O4S3/c1-11(16(22)23)18-14(20)7-3-2-4-8-19-15(21)13(26-17(19)24)10-12-6-5-9-25-12/h5-6,9-11H,2-4,7-8H2,1H3,(H,18,20)(H,22,23)/b13-10-. The molecule has 0 aliphatic carbocycles. The molecule has 0 radical (unpaired) electrons. The van der Waals surface area contributed by atoms with E-state index in [4.69, 9.17) is 17.3 Å². The third-order valence-electron chi connectivity index (χ3n) is 3.72. The van der Waals surface area contributed by atoms with Gasteiger partial charge in [-0.15, -0.1) is 11.3 Å². The predicted molar refractivity (Wildman–Crippen MR) is 108 cm³/mol. The Labute approximate surface area is 165 Å². The van der Waals surface area contributed by atoms with E-state index < -0.39 is 12.0 Å². The van der Waals surface area contributed by atoms with Crippen LogP contribution in [0.2, 0.25) is 0 Å². The van der Waals surface area contributed by atoms with Crippen LogP contribution in [0, 0.1) is 0 Å². The van der Waals surface area contributed by atoms with Crippen molar-refractivity contribution >= 4 is 63.5 Å². The van der Waals surface area contributed by atoms with Crippen LogP contribution in [0.1, 0.15) is 37.5 Å². The number of carboxylic acids is 1. The number of amides is 2. The maximum absolute atomic E-state index is 12.4. The highest BCUT2D eigenvalue weighted by Gasteiger charge is 2.31. The second kappa shape index (κ2) is 9.84. The van der Waals surface area contributed by atoms with E-state index in [1.165, 1.54) is 18.7 Å². The monoisotopic (exact) mass is 412 g/mol. The van der Waals surface area contributed by atoms with Gasteiger partial charge < -0.3 is 10.4 Å². The first-order valence-corrected chi connectivity index (χ1v) is 10.3. The van der Waals surface area contributed by atoms with Crippen molar-refractivity contribution in [1.82, 2.24) is 10.2 Å². The Morgan fingerprint density at radius 3 is 2.81 bits per heavy atom. The molecule has 2 N–H and O–H groups in total. The summed E-state index contributed by atoms with van der Waals surface area (Å²) < 4.78 is 0.561. The molecule has 26 heavy (non-hydrogen) atoms. The van der Waals surface area contributed by atoms with Crippen molar-refractivity contribution in [3.05, 3.63) is 27.3 Å². The van der Waals surface area contributed by atoms with Crippen LogP contribution in [0.5, 0.6) is 0 Å². The molecular formula is C17H20N2O4S3. The number of hydrogen-bond donors (Lipinski definition) is 2. The molecule has 1 aromatic rings. The van der Waals surface area contributed by atoms with Gasteiger partial charge in [0.25, 0.3) is 5.91 Å². The molecule has 0 bridgehead atoms. The van der Waals surface area contributed by atoms with Gasteiger partial charge in [-0.3, -0.25) is 19.3 Å². The normalized spacial score (nSPS) is 17.0. The van der Waals surface area contributed by atoms with Crippen LogP contribution < -0.4 is 5.32 Å². The summed E-state index contributed by atoms with van der Waals surface area (Å²) >= 11 is 8.18. The predicted octanol–water partition coefficient (Wildman–Crippen LogP) is 3.10. The van der Waals surface area contributed by atoms with Gasteiger partial charge in [0.05, 0.1) is 4.91 Å². The molecule has 2 amide bonds. The molecule has 1 saturated heterocycles. The summed E-state index contributed by atoms with van der Waals surface area (Å²) in [7, 11) is 0. The van der Waals surface area contributed by atoms with E-state index in [1.54, 1.807) is 16.2 Å². The Hall–Kier alpha value is -1.71. The zero-order valence-electron chi connectivity index (χ0n) is 14.3. The average molecular weight is 413 g/mol. The lowest BCUT2D eigenvalue weighted by Gasteiger charge is -2.14. The van der Waals surface area contributed by atoms with Crippen molar-refractivity contribution in [1.29, 1.82) is 0 Å². The number of hydrogen-bond acceptors (Lipinski definition) is 6. The molecule has 0 aromatic carbocycles. The van der Waals surface area contributed by atoms with E-state index in [2.05, 4.69) is 5.32 Å². The summed E-state index contributed by atoms with van der Waals surface area (Å²) in [5, 5.41) is 13.1. The molecule has 0 saturated carbocycles. The van der Waals surface area contributed by atoms with Crippen molar-refractivity contribution in [3.8, 4) is 0 Å². The second-order valence-corrected chi connectivity index (χ2v) is 8.44. The summed E-state index contributed by atoms with van der Waals surface area (Å²) in [6.45, 7) is 1.96. The van der Waals surface area contributed by atoms with Crippen LogP contribution in [0.3, 0.4) is 0 Å². The number of aliphatic carboxylic acids is 1. The minimum Gasteiger partial charge on any atom is -0.480 e. The molecule has 0 spiro atoms. The van der Waals surface area contributed by atoms with Crippen molar-refractivity contribution < 1.29 is 19.5 Å². The molecule has 2 rings (SSSR count). The number of carbonyl (C=O) groups excluding carboxylic acids is 2. The first-order chi connectivity index (χ1) is 12.4. The third kappa shape index (κ3) is 5.93. The Morgan fingerprint density at radius 2 is 2.15 bits per heavy atom. The van der Waals surface area contributed by atoms with Crippen molar-refractivity contribution in [2.75, 3.05) is 6.54 Å². The van der Waals surface area contributed by atoms with E-state index in [0.717, 1.165) is 17.7 Å². The highest BCUT2D eigenvalue weighted by atomic mass is 32.2. The summed E-state index contributed by atoms with van der Waals surface area (Å²) in [4.78, 5) is 38.0. The fraction of sp³-hybridized carbons (Fsp3) is 0.412. The van der Waals surface area contributed by atoms with Crippen LogP contribution in [0.4, 0.5) is 0 Å². The van der Waals surface area contributed by atoms with Crippen molar-refractivity contribution in [2.45, 2.75) is 38.6 Å². The van der Waals surface area contributed by atoms with Crippen LogP contribution in [0.15, 0.2) is 22.4 Å². The van der Waals surface area contributed by atoms with Gasteiger partial charge in [-0.25, -0.2) is 0 Å². The zero-order chi connectivity index (χ0) is 19.1. The molecule has 1 aromatic heterocycles. The van der Waals surface area contributed by atoms with Crippen LogP contribution in [-0.4, -0.2) is 44.7 Å². The maximum Gasteiger partial charge on any atom is 0.325 e. The molecule has 1 fully saturated rings. The molecule has 1 aliphatic heterocycles. The van der Waals surface area contributed by atoms with E-state index in [0.29, 0.717) is 22.2 Å². The van der Waals surface area contributed by atoms with E-state index >= 15 is 0 Å². The topological polar surface area (TPSA) is 86.7 Å². The lowest BCUT2D eigenvalue weighted by atomic mass is 10.1. The summed E-state index contributed by atoms with van der Waals surface area (Å²) in [6.07, 6.45) is 4.26. The molecule has 9 heteroatoms. The Balaban J connectivity index is 1.71. The Kier molecular flexibility index (Phi) is 7.80. The van der Waals surface area contributed by atoms with E-state index in [1.807, 2.05) is 23.6 Å². The van der Waals surface area contributed by atoms with Gasteiger partial charge in [0, 0.05) is 17.8 Å². The maximum atomic E-state index is 12.4. The highest BCUT2D eigenvalue weighted by molar-refractivity contribution is 8.26. The number of carboxylic acid groups (broad SMARTS) is 1. The number of carbonyl (C=O) groups is 3. The molecular weight excluding hydrogens is 392 g/mol. The van der Waals surface area contributed by atoms with Gasteiger partial charge in [-0.05, 0) is 37.3 Å². The van der Waals surface area contributed by atoms with Gasteiger partial charge in [0.1, 0.15) is 10.4 Å². The van der Waals surface area contributed by atoms with Gasteiger partial charge in [-0.2, -0.15) is 0 Å². The number of unbranched alkanes of at least 4 members (excludes halogenated alkanes) is 2. The lowest BCUT2D eigenvalue weighted by Crippen LogP contribution is -2.38. The number of thiocarbonyl (C=S) groups is 1. The summed E-state index contributed by atoms with van der Waals surface area (Å²) in [5.74, 6) is -1.39. The fourth-order valence-corrected chi connectivity index (χ4v) is 4.33. The number of nitrogens with zero attached hydrogens (tertiary/aromatic N) is 1. The molecule has 2 heterocycles. The van der Waals surface area contributed by atoms with Crippen LogP contribution >= 0.6 is 35.3 Å². The first-order valence-electron chi connectivity index (χ1n) is 8.19. The molecule has 140 valence electrons. The fourth-order valence-electron chi connectivity index (χ4n) is 2.30. The van der Waals surface area contributed by atoms with E-state index in [9.17, 15) is 14.4 Å². The van der Waals surface area contributed by atoms with Gasteiger partial charge in [-0.1, -0.05) is 36.5 Å². The van der Waals surface area contributed by atoms with Crippen molar-refractivity contribution in [2.24, 2.45) is 0 Å². The number of nitrogens with one attached hydrogen (secondary N) is 1. The van der Waals surface area contributed by atoms with Gasteiger partial charge in [0.2, 0.25) is 5.91 Å². The minimum absolute atomic E-state index is 0.0681. The smallest absolute Gasteiger partial charge is 0.325 e. The van der Waals surface area contributed by atoms with Gasteiger partial charge >= 0.3 is 5.97 Å². The van der Waals surface area contributed by atoms with Crippen molar-refractivity contribution in [3.63, 3.8) is 0 Å². The Morgan fingerprint density at radius 1 is 1.38 bits per heavy atom. The number of rotatable bonds is 9. The number of thiophene rings is 1. The minimum atomic E-state index is -1.05. The van der Waals surface area contributed by atoms with Crippen LogP contribution in [0.25, 0.3) is 6.08 Å². The molecule has 6 nitrogen and oxygen atoms in total. The largest absolute Gasteiger partial charge is 0.480 e. The molecule has 1 atom stereocenters. The molecule has 1 unspecified atom stereocenters.